The molecule has 2 heterocycles. The Labute approximate surface area is 365 Å². The third-order valence-corrected chi connectivity index (χ3v) is 11.2. The third kappa shape index (κ3) is 16.5. The fourth-order valence-corrected chi connectivity index (χ4v) is 7.44. The van der Waals surface area contributed by atoms with E-state index >= 15 is 0 Å². The second-order valence-corrected chi connectivity index (χ2v) is 17.5. The van der Waals surface area contributed by atoms with Crippen LogP contribution in [0.2, 0.25) is 0 Å². The lowest BCUT2D eigenvalue weighted by molar-refractivity contribution is -0.144. The molecule has 332 valence electrons. The van der Waals surface area contributed by atoms with E-state index in [0.29, 0.717) is 56.8 Å². The largest absolute Gasteiger partial charge is 0.456 e. The van der Waals surface area contributed by atoms with Gasteiger partial charge >= 0.3 is 6.09 Å². The molecule has 0 radical (unpaired) electrons. The highest BCUT2D eigenvalue weighted by Crippen LogP contribution is 2.42. The number of ketones is 2. The number of likely N-dealkylation sites (N-methyl/N-ethyl adjacent to an activating group) is 1. The Morgan fingerprint density at radius 2 is 1.02 bits per heavy atom. The van der Waals surface area contributed by atoms with Crippen molar-refractivity contribution in [1.29, 1.82) is 0 Å². The first-order valence-electron chi connectivity index (χ1n) is 21.3. The molecule has 2 fully saturated rings. The van der Waals surface area contributed by atoms with Gasteiger partial charge in [-0.25, -0.2) is 4.79 Å². The maximum Gasteiger partial charge on any atom is 0.410 e. The topological polar surface area (TPSA) is 112 Å². The summed E-state index contributed by atoms with van der Waals surface area (Å²) in [7, 11) is 2.11. The van der Waals surface area contributed by atoms with E-state index in [2.05, 4.69) is 39.6 Å². The van der Waals surface area contributed by atoms with Crippen molar-refractivity contribution in [2.75, 3.05) is 59.7 Å². The molecule has 2 aliphatic heterocycles. The summed E-state index contributed by atoms with van der Waals surface area (Å²) in [4.78, 5) is 53.1. The van der Waals surface area contributed by atoms with E-state index in [4.69, 9.17) is 18.9 Å². The number of amides is 1. The lowest BCUT2D eigenvalue weighted by atomic mass is 9.71. The van der Waals surface area contributed by atoms with E-state index in [-0.39, 0.29) is 22.4 Å². The van der Waals surface area contributed by atoms with Gasteiger partial charge in [-0.05, 0) is 81.7 Å². The number of rotatable bonds is 13. The van der Waals surface area contributed by atoms with Crippen molar-refractivity contribution in [3.05, 3.63) is 130 Å². The molecule has 0 aromatic carbocycles. The van der Waals surface area contributed by atoms with Gasteiger partial charge < -0.3 is 28.7 Å². The fraction of sp³-hybridized carbons (Fsp3) is 0.490. The summed E-state index contributed by atoms with van der Waals surface area (Å²) in [5, 5.41) is 0. The van der Waals surface area contributed by atoms with Crippen LogP contribution >= 0.6 is 0 Å². The van der Waals surface area contributed by atoms with Crippen molar-refractivity contribution >= 4 is 24.1 Å². The van der Waals surface area contributed by atoms with Crippen molar-refractivity contribution < 1.29 is 38.1 Å². The fourth-order valence-electron chi connectivity index (χ4n) is 7.44. The smallest absolute Gasteiger partial charge is 0.410 e. The van der Waals surface area contributed by atoms with Gasteiger partial charge in [0, 0.05) is 39.0 Å². The second kappa shape index (κ2) is 24.5. The van der Waals surface area contributed by atoms with Crippen LogP contribution in [0.15, 0.2) is 130 Å². The van der Waals surface area contributed by atoms with Gasteiger partial charge in [-0.15, -0.1) is 0 Å². The summed E-state index contributed by atoms with van der Waals surface area (Å²) in [6.45, 7) is 26.3. The molecule has 10 heteroatoms. The molecular formula is C51H70N2O8. The minimum atomic E-state index is -0.785. The van der Waals surface area contributed by atoms with Crippen LogP contribution in [0.1, 0.15) is 82.1 Å². The van der Waals surface area contributed by atoms with E-state index in [1.807, 2.05) is 120 Å². The Balaban J connectivity index is 0.00000128. The first-order chi connectivity index (χ1) is 28.9. The first-order valence-corrected chi connectivity index (χ1v) is 21.3. The average molecular weight is 839 g/mol. The zero-order chi connectivity index (χ0) is 45.2. The Morgan fingerprint density at radius 1 is 0.623 bits per heavy atom. The van der Waals surface area contributed by atoms with Crippen LogP contribution in [0.25, 0.3) is 0 Å². The van der Waals surface area contributed by atoms with Crippen molar-refractivity contribution in [2.24, 2.45) is 10.8 Å². The summed E-state index contributed by atoms with van der Waals surface area (Å²) in [5.74, 6) is -0.276. The molecule has 2 unspecified atom stereocenters. The van der Waals surface area contributed by atoms with E-state index in [1.165, 1.54) is 0 Å². The number of ether oxygens (including phenoxy) is 4. The van der Waals surface area contributed by atoms with Crippen LogP contribution in [0.4, 0.5) is 4.79 Å². The molecule has 0 N–H and O–H groups in total. The lowest BCUT2D eigenvalue weighted by Crippen LogP contribution is -2.45. The Hall–Kier alpha value is -4.90. The minimum Gasteiger partial charge on any atom is -0.456 e. The quantitative estimate of drug-likeness (QED) is 0.132. The Kier molecular flexibility index (Phi) is 20.3. The average Bonchev–Trinajstić information content (AvgIpc) is 3.21. The number of carbonyl (C=O) groups is 4. The predicted molar refractivity (Wildman–Crippen MR) is 245 cm³/mol. The monoisotopic (exact) mass is 839 g/mol. The van der Waals surface area contributed by atoms with Gasteiger partial charge in [-0.3, -0.25) is 14.4 Å². The molecule has 0 spiro atoms. The van der Waals surface area contributed by atoms with E-state index in [1.54, 1.807) is 11.8 Å². The number of Topliss-reactive ketones (excluding diaryl/α,β-unsaturated/α-hetero) is 2. The van der Waals surface area contributed by atoms with Gasteiger partial charge in [0.15, 0.2) is 23.8 Å². The predicted octanol–water partition coefficient (Wildman–Crippen LogP) is 9.51. The molecule has 10 nitrogen and oxygen atoms in total. The maximum absolute atomic E-state index is 13.2. The molecule has 2 aliphatic carbocycles. The van der Waals surface area contributed by atoms with Gasteiger partial charge in [-0.1, -0.05) is 135 Å². The van der Waals surface area contributed by atoms with Crippen LogP contribution in [-0.2, 0) is 33.3 Å². The number of morpholine rings is 2. The highest BCUT2D eigenvalue weighted by Gasteiger charge is 2.41. The number of nitrogens with zero attached hydrogens (tertiary/aromatic N) is 2. The van der Waals surface area contributed by atoms with Crippen LogP contribution < -0.4 is 0 Å². The minimum absolute atomic E-state index is 0.136. The standard InChI is InChI=1S/C46H59NO7.C5H11NO/c1-32(17-13-19-34(3)21-23-38-36(5)42(49)40(53-31-48)29-45(38,7)8)15-11-12-16-33(2)18-14-20-35(4)22-24-39-37(6)43(50)41(30-46(39,9)10)54-44(51)47-25-27-52-28-26-47;1-6-2-4-7-5-3-6/h11-24,31,40-41H,25-30H2,1-10H3;2-5H2,1H3/b12-11+,17-13+,18-14+,23-21+,24-22+,32-15+,33-16+,34-19+,35-20+;. The van der Waals surface area contributed by atoms with Crippen LogP contribution in [0.5, 0.6) is 0 Å². The van der Waals surface area contributed by atoms with E-state index < -0.39 is 18.3 Å². The molecule has 1 amide bonds. The zero-order valence-corrected chi connectivity index (χ0v) is 38.5. The molecule has 4 aliphatic rings. The second-order valence-electron chi connectivity index (χ2n) is 17.5. The summed E-state index contributed by atoms with van der Waals surface area (Å²) >= 11 is 0. The molecule has 4 rings (SSSR count). The molecular weight excluding hydrogens is 769 g/mol. The van der Waals surface area contributed by atoms with Gasteiger partial charge in [0.05, 0.1) is 26.4 Å². The molecule has 0 saturated carbocycles. The molecule has 0 aromatic rings. The maximum atomic E-state index is 13.2. The SMILES string of the molecule is CC1=C(/C=C/C(C)=C/C=C/C(C)=C/C=C/C=C(C)/C=C/C=C(C)/C=C/C2=C(C)C(=O)C(OC(=O)N3CCOCC3)CC2(C)C)C(C)(C)CC(OC=O)C1=O.CN1CCOCC1. The summed E-state index contributed by atoms with van der Waals surface area (Å²) in [6.07, 6.45) is 27.3. The van der Waals surface area contributed by atoms with Gasteiger partial charge in [0.25, 0.3) is 6.47 Å². The Bertz CT molecular complexity index is 1910. The number of carbonyl (C=O) groups excluding carboxylic acids is 4. The molecule has 2 saturated heterocycles. The molecule has 0 bridgehead atoms. The number of allylic oxidation sites excluding steroid dienone is 20. The molecule has 0 aromatic heterocycles. The van der Waals surface area contributed by atoms with Gasteiger partial charge in [0.1, 0.15) is 0 Å². The highest BCUT2D eigenvalue weighted by molar-refractivity contribution is 6.02. The highest BCUT2D eigenvalue weighted by atomic mass is 16.6. The Morgan fingerprint density at radius 3 is 1.44 bits per heavy atom. The summed E-state index contributed by atoms with van der Waals surface area (Å²) in [6, 6.07) is 0. The van der Waals surface area contributed by atoms with E-state index in [0.717, 1.165) is 59.7 Å². The third-order valence-electron chi connectivity index (χ3n) is 11.2. The number of hydrogen-bond acceptors (Lipinski definition) is 9. The molecule has 61 heavy (non-hydrogen) atoms. The summed E-state index contributed by atoms with van der Waals surface area (Å²) in [5.41, 5.74) is 6.85. The van der Waals surface area contributed by atoms with Crippen molar-refractivity contribution in [1.82, 2.24) is 9.80 Å². The summed E-state index contributed by atoms with van der Waals surface area (Å²) < 4.78 is 21.1. The zero-order valence-electron chi connectivity index (χ0n) is 38.5. The first kappa shape index (κ1) is 50.5. The lowest BCUT2D eigenvalue weighted by Gasteiger charge is -2.37. The van der Waals surface area contributed by atoms with Crippen LogP contribution in [0.3, 0.4) is 0 Å². The van der Waals surface area contributed by atoms with Gasteiger partial charge in [-0.2, -0.15) is 0 Å². The number of hydrogen-bond donors (Lipinski definition) is 0. The van der Waals surface area contributed by atoms with Crippen molar-refractivity contribution in [3.63, 3.8) is 0 Å². The van der Waals surface area contributed by atoms with Crippen LogP contribution in [0, 0.1) is 10.8 Å². The molecule has 2 atom stereocenters. The normalized spacial score (nSPS) is 23.8. The van der Waals surface area contributed by atoms with Crippen molar-refractivity contribution in [2.45, 2.75) is 94.3 Å². The van der Waals surface area contributed by atoms with Gasteiger partial charge in [0.2, 0.25) is 0 Å². The van der Waals surface area contributed by atoms with Crippen molar-refractivity contribution in [3.8, 4) is 0 Å². The van der Waals surface area contributed by atoms with E-state index in [9.17, 15) is 19.2 Å². The van der Waals surface area contributed by atoms with Crippen LogP contribution in [-0.4, -0.2) is 106 Å².